The van der Waals surface area contributed by atoms with Crippen molar-refractivity contribution in [2.24, 2.45) is 5.92 Å². The van der Waals surface area contributed by atoms with Gasteiger partial charge in [-0.2, -0.15) is 0 Å². The molecule has 2 rings (SSSR count). The van der Waals surface area contributed by atoms with Crippen LogP contribution in [0.3, 0.4) is 0 Å². The van der Waals surface area contributed by atoms with Gasteiger partial charge in [0.1, 0.15) is 17.6 Å². The Balaban J connectivity index is 2.20. The Kier molecular flexibility index (Phi) is 6.14. The molecule has 6 nitrogen and oxygen atoms in total. The molecule has 0 fully saturated rings. The van der Waals surface area contributed by atoms with Crippen molar-refractivity contribution in [1.82, 2.24) is 10.5 Å². The van der Waals surface area contributed by atoms with E-state index in [1.54, 1.807) is 13.0 Å². The summed E-state index contributed by atoms with van der Waals surface area (Å²) < 4.78 is 18.8. The van der Waals surface area contributed by atoms with Crippen LogP contribution in [0.4, 0.5) is 10.2 Å². The minimum atomic E-state index is -0.884. The number of amides is 2. The molecule has 2 atom stereocenters. The van der Waals surface area contributed by atoms with Crippen molar-refractivity contribution >= 4 is 29.2 Å². The Morgan fingerprint density at radius 3 is 2.68 bits per heavy atom. The average Bonchev–Trinajstić information content (AvgIpc) is 2.96. The number of nitrogens with zero attached hydrogens (tertiary/aromatic N) is 1. The lowest BCUT2D eigenvalue weighted by Gasteiger charge is -2.23. The van der Waals surface area contributed by atoms with E-state index in [1.165, 1.54) is 12.1 Å². The van der Waals surface area contributed by atoms with E-state index in [0.29, 0.717) is 12.2 Å². The van der Waals surface area contributed by atoms with Crippen LogP contribution >= 0.6 is 11.6 Å². The number of nitrogens with one attached hydrogen (secondary N) is 2. The van der Waals surface area contributed by atoms with Crippen LogP contribution in [0.15, 0.2) is 28.8 Å². The predicted octanol–water partition coefficient (Wildman–Crippen LogP) is 3.56. The van der Waals surface area contributed by atoms with Crippen molar-refractivity contribution in [3.05, 3.63) is 46.4 Å². The van der Waals surface area contributed by atoms with Crippen molar-refractivity contribution in [3.8, 4) is 0 Å². The Morgan fingerprint density at radius 2 is 2.12 bits per heavy atom. The number of aromatic nitrogens is 1. The number of carbonyl (C=O) groups excluding carboxylic acids is 2. The van der Waals surface area contributed by atoms with Gasteiger partial charge in [-0.05, 0) is 25.0 Å². The lowest BCUT2D eigenvalue weighted by Crippen LogP contribution is -2.48. The summed E-state index contributed by atoms with van der Waals surface area (Å²) >= 11 is 5.91. The summed E-state index contributed by atoms with van der Waals surface area (Å²) in [7, 11) is 0. The van der Waals surface area contributed by atoms with E-state index >= 15 is 0 Å². The average molecular weight is 368 g/mol. The van der Waals surface area contributed by atoms with Crippen molar-refractivity contribution in [3.63, 3.8) is 0 Å². The van der Waals surface area contributed by atoms with E-state index in [-0.39, 0.29) is 22.3 Å². The summed E-state index contributed by atoms with van der Waals surface area (Å²) in [6.07, 6.45) is 0.626. The quantitative estimate of drug-likeness (QED) is 0.817. The van der Waals surface area contributed by atoms with Crippen LogP contribution < -0.4 is 10.6 Å². The van der Waals surface area contributed by atoms with E-state index in [2.05, 4.69) is 15.8 Å². The van der Waals surface area contributed by atoms with Crippen LogP contribution in [-0.2, 0) is 4.79 Å². The van der Waals surface area contributed by atoms with Gasteiger partial charge in [0, 0.05) is 6.07 Å². The highest BCUT2D eigenvalue weighted by Crippen LogP contribution is 2.20. The summed E-state index contributed by atoms with van der Waals surface area (Å²) in [6, 6.07) is 4.62. The van der Waals surface area contributed by atoms with E-state index in [4.69, 9.17) is 16.1 Å². The highest BCUT2D eigenvalue weighted by Gasteiger charge is 2.28. The number of carbonyl (C=O) groups is 2. The lowest BCUT2D eigenvalue weighted by molar-refractivity contribution is -0.119. The minimum absolute atomic E-state index is 0.0204. The number of anilines is 1. The number of aryl methyl sites for hydroxylation is 1. The number of hydrogen-bond donors (Lipinski definition) is 2. The first-order valence-electron chi connectivity index (χ1n) is 7.82. The third kappa shape index (κ3) is 4.57. The highest BCUT2D eigenvalue weighted by atomic mass is 35.5. The van der Waals surface area contributed by atoms with Crippen LogP contribution in [0.5, 0.6) is 0 Å². The molecule has 0 saturated heterocycles. The Bertz CT molecular complexity index is 758. The molecule has 2 amide bonds. The second-order valence-electron chi connectivity index (χ2n) is 5.75. The van der Waals surface area contributed by atoms with Gasteiger partial charge >= 0.3 is 0 Å². The molecule has 1 aromatic heterocycles. The molecule has 1 unspecified atom stereocenters. The molecule has 0 aliphatic rings. The van der Waals surface area contributed by atoms with Gasteiger partial charge in [-0.25, -0.2) is 4.39 Å². The normalized spacial score (nSPS) is 13.2. The Morgan fingerprint density at radius 1 is 1.40 bits per heavy atom. The van der Waals surface area contributed by atoms with Gasteiger partial charge < -0.3 is 15.2 Å². The maximum absolute atomic E-state index is 13.9. The molecule has 2 N–H and O–H groups in total. The molecule has 0 aliphatic carbocycles. The van der Waals surface area contributed by atoms with Crippen molar-refractivity contribution < 1.29 is 18.5 Å². The second kappa shape index (κ2) is 8.11. The third-order valence-electron chi connectivity index (χ3n) is 3.85. The first-order valence-corrected chi connectivity index (χ1v) is 8.20. The van der Waals surface area contributed by atoms with Crippen LogP contribution in [0.25, 0.3) is 0 Å². The minimum Gasteiger partial charge on any atom is -0.360 e. The molecule has 0 saturated carbocycles. The molecule has 1 heterocycles. The molecule has 2 aromatic rings. The number of rotatable bonds is 6. The largest absolute Gasteiger partial charge is 0.360 e. The van der Waals surface area contributed by atoms with Crippen molar-refractivity contribution in [2.75, 3.05) is 5.32 Å². The molecule has 0 bridgehead atoms. The lowest BCUT2D eigenvalue weighted by atomic mass is 9.97. The molecular weight excluding hydrogens is 349 g/mol. The standard InChI is InChI=1S/C17H19ClFN3O3/c1-4-9(2)15(17(24)20-13-8-10(3)25-22-13)21-16(23)14-11(18)6-5-7-12(14)19/h5-9,15H,4H2,1-3H3,(H,21,23)(H,20,22,24)/t9?,15-/m0/s1. The van der Waals surface area contributed by atoms with E-state index < -0.39 is 23.7 Å². The zero-order valence-corrected chi connectivity index (χ0v) is 14.9. The maximum Gasteiger partial charge on any atom is 0.256 e. The van der Waals surface area contributed by atoms with Gasteiger partial charge in [0.25, 0.3) is 5.91 Å². The monoisotopic (exact) mass is 367 g/mol. The molecular formula is C17H19ClFN3O3. The molecule has 1 aromatic carbocycles. The van der Waals surface area contributed by atoms with Gasteiger partial charge in [-0.15, -0.1) is 0 Å². The van der Waals surface area contributed by atoms with Crippen LogP contribution in [0, 0.1) is 18.7 Å². The topological polar surface area (TPSA) is 84.2 Å². The molecule has 0 spiro atoms. The van der Waals surface area contributed by atoms with Crippen LogP contribution in [0.1, 0.15) is 36.4 Å². The van der Waals surface area contributed by atoms with Crippen molar-refractivity contribution in [2.45, 2.75) is 33.2 Å². The summed E-state index contributed by atoms with van der Waals surface area (Å²) in [5, 5.41) is 8.81. The Labute approximate surface area is 149 Å². The zero-order chi connectivity index (χ0) is 18.6. The van der Waals surface area contributed by atoms with Gasteiger partial charge in [-0.3, -0.25) is 9.59 Å². The van der Waals surface area contributed by atoms with E-state index in [9.17, 15) is 14.0 Å². The van der Waals surface area contributed by atoms with E-state index in [1.807, 2.05) is 13.8 Å². The van der Waals surface area contributed by atoms with Crippen molar-refractivity contribution in [1.29, 1.82) is 0 Å². The maximum atomic E-state index is 13.9. The summed E-state index contributed by atoms with van der Waals surface area (Å²) in [5.41, 5.74) is -0.289. The molecule has 0 radical (unpaired) electrons. The predicted molar refractivity (Wildman–Crippen MR) is 92.0 cm³/mol. The van der Waals surface area contributed by atoms with Crippen LogP contribution in [0.2, 0.25) is 5.02 Å². The summed E-state index contributed by atoms with van der Waals surface area (Å²) in [4.78, 5) is 25.0. The Hall–Kier alpha value is -2.41. The van der Waals surface area contributed by atoms with Gasteiger partial charge in [-0.1, -0.05) is 43.1 Å². The molecule has 25 heavy (non-hydrogen) atoms. The summed E-state index contributed by atoms with van der Waals surface area (Å²) in [5.74, 6) is -1.38. The second-order valence-corrected chi connectivity index (χ2v) is 6.15. The fourth-order valence-electron chi connectivity index (χ4n) is 2.26. The first kappa shape index (κ1) is 18.9. The van der Waals surface area contributed by atoms with E-state index in [0.717, 1.165) is 6.07 Å². The number of benzene rings is 1. The van der Waals surface area contributed by atoms with Gasteiger partial charge in [0.15, 0.2) is 5.82 Å². The fourth-order valence-corrected chi connectivity index (χ4v) is 2.51. The van der Waals surface area contributed by atoms with Gasteiger partial charge in [0.05, 0.1) is 10.6 Å². The number of halogens is 2. The van der Waals surface area contributed by atoms with Gasteiger partial charge in [0.2, 0.25) is 5.91 Å². The van der Waals surface area contributed by atoms with Crippen LogP contribution in [-0.4, -0.2) is 23.0 Å². The smallest absolute Gasteiger partial charge is 0.256 e. The summed E-state index contributed by atoms with van der Waals surface area (Å²) in [6.45, 7) is 5.38. The molecule has 0 aliphatic heterocycles. The zero-order valence-electron chi connectivity index (χ0n) is 14.1. The number of hydrogen-bond acceptors (Lipinski definition) is 4. The highest BCUT2D eigenvalue weighted by molar-refractivity contribution is 6.33. The molecule has 134 valence electrons. The first-order chi connectivity index (χ1) is 11.8. The molecule has 8 heteroatoms. The SMILES string of the molecule is CCC(C)[C@H](NC(=O)c1c(F)cccc1Cl)C(=O)Nc1cc(C)on1. The third-order valence-corrected chi connectivity index (χ3v) is 4.17. The fraction of sp³-hybridized carbons (Fsp3) is 0.353.